The van der Waals surface area contributed by atoms with Crippen LogP contribution in [0, 0.1) is 11.3 Å². The Morgan fingerprint density at radius 1 is 1.21 bits per heavy atom. The van der Waals surface area contributed by atoms with E-state index in [-0.39, 0.29) is 11.8 Å². The van der Waals surface area contributed by atoms with Gasteiger partial charge >= 0.3 is 0 Å². The maximum atomic E-state index is 12.0. The Morgan fingerprint density at radius 2 is 1.79 bits per heavy atom. The van der Waals surface area contributed by atoms with Crippen LogP contribution in [0.2, 0.25) is 0 Å². The number of hydrogen-bond donors (Lipinski definition) is 2. The number of carbonyl (C=O) groups excluding carboxylic acids is 1. The van der Waals surface area contributed by atoms with Crippen molar-refractivity contribution in [1.82, 2.24) is 5.32 Å². The van der Waals surface area contributed by atoms with Gasteiger partial charge in [0.25, 0.3) is 0 Å². The van der Waals surface area contributed by atoms with Crippen molar-refractivity contribution in [3.8, 4) is 0 Å². The molecule has 2 aliphatic rings. The van der Waals surface area contributed by atoms with Crippen LogP contribution in [0.5, 0.6) is 0 Å². The van der Waals surface area contributed by atoms with Crippen LogP contribution >= 0.6 is 0 Å². The van der Waals surface area contributed by atoms with Crippen LogP contribution in [0.4, 0.5) is 0 Å². The summed E-state index contributed by atoms with van der Waals surface area (Å²) >= 11 is 0. The van der Waals surface area contributed by atoms with E-state index in [1.165, 1.54) is 0 Å². The Kier molecular flexibility index (Phi) is 4.51. The van der Waals surface area contributed by atoms with E-state index >= 15 is 0 Å². The largest absolute Gasteiger partial charge is 0.388 e. The van der Waals surface area contributed by atoms with E-state index in [0.29, 0.717) is 25.2 Å². The minimum Gasteiger partial charge on any atom is -0.388 e. The van der Waals surface area contributed by atoms with Crippen LogP contribution in [0.15, 0.2) is 0 Å². The Bertz CT molecular complexity index is 311. The van der Waals surface area contributed by atoms with Crippen LogP contribution in [-0.2, 0) is 9.53 Å². The van der Waals surface area contributed by atoms with Gasteiger partial charge in [-0.15, -0.1) is 0 Å². The molecule has 0 radical (unpaired) electrons. The lowest BCUT2D eigenvalue weighted by molar-refractivity contribution is -0.129. The third-order valence-corrected chi connectivity index (χ3v) is 4.72. The number of rotatable bonds is 3. The third kappa shape index (κ3) is 4.18. The summed E-state index contributed by atoms with van der Waals surface area (Å²) < 4.78 is 5.26. The van der Waals surface area contributed by atoms with Crippen molar-refractivity contribution < 1.29 is 14.6 Å². The molecule has 1 heterocycles. The third-order valence-electron chi connectivity index (χ3n) is 4.72. The van der Waals surface area contributed by atoms with Crippen LogP contribution in [0.1, 0.15) is 52.4 Å². The summed E-state index contributed by atoms with van der Waals surface area (Å²) in [5.74, 6) is 0.152. The first-order chi connectivity index (χ1) is 8.90. The van der Waals surface area contributed by atoms with Gasteiger partial charge in [-0.1, -0.05) is 13.8 Å². The van der Waals surface area contributed by atoms with Gasteiger partial charge in [-0.2, -0.15) is 0 Å². The molecule has 1 aliphatic carbocycles. The predicted octanol–water partition coefficient (Wildman–Crippen LogP) is 1.86. The first kappa shape index (κ1) is 14.8. The minimum atomic E-state index is -0.698. The molecule has 2 rings (SSSR count). The van der Waals surface area contributed by atoms with Crippen molar-refractivity contribution in [1.29, 1.82) is 0 Å². The van der Waals surface area contributed by atoms with E-state index in [2.05, 4.69) is 19.2 Å². The molecule has 110 valence electrons. The molecule has 1 amide bonds. The van der Waals surface area contributed by atoms with E-state index in [9.17, 15) is 9.90 Å². The molecule has 0 spiro atoms. The fraction of sp³-hybridized carbons (Fsp3) is 0.933. The van der Waals surface area contributed by atoms with Gasteiger partial charge in [-0.05, 0) is 43.9 Å². The second-order valence-corrected chi connectivity index (χ2v) is 6.99. The molecule has 0 aromatic carbocycles. The zero-order valence-corrected chi connectivity index (χ0v) is 12.2. The molecule has 19 heavy (non-hydrogen) atoms. The molecule has 0 unspecified atom stereocenters. The van der Waals surface area contributed by atoms with Gasteiger partial charge in [-0.3, -0.25) is 4.79 Å². The monoisotopic (exact) mass is 269 g/mol. The maximum Gasteiger partial charge on any atom is 0.223 e. The highest BCUT2D eigenvalue weighted by atomic mass is 16.5. The lowest BCUT2D eigenvalue weighted by atomic mass is 9.71. The van der Waals surface area contributed by atoms with E-state index in [0.717, 1.165) is 38.5 Å². The Hall–Kier alpha value is -0.610. The van der Waals surface area contributed by atoms with E-state index in [1.807, 2.05) is 0 Å². The molecule has 0 aromatic heterocycles. The molecule has 4 heteroatoms. The smallest absolute Gasteiger partial charge is 0.223 e. The average Bonchev–Trinajstić information content (AvgIpc) is 2.41. The van der Waals surface area contributed by atoms with Gasteiger partial charge in [0.05, 0.1) is 5.60 Å². The van der Waals surface area contributed by atoms with Crippen LogP contribution < -0.4 is 5.32 Å². The second kappa shape index (κ2) is 5.80. The van der Waals surface area contributed by atoms with Crippen molar-refractivity contribution in [2.24, 2.45) is 11.3 Å². The summed E-state index contributed by atoms with van der Waals surface area (Å²) in [4.78, 5) is 12.0. The van der Waals surface area contributed by atoms with Crippen LogP contribution in [0.3, 0.4) is 0 Å². The molecule has 1 saturated heterocycles. The normalized spacial score (nSPS) is 26.9. The minimum absolute atomic E-state index is 0.0670. The standard InChI is InChI=1S/C15H27NO3/c1-14(2)5-7-15(18,8-6-14)11-16-13(17)12-3-9-19-10-4-12/h12,18H,3-11H2,1-2H3,(H,16,17). The molecule has 1 saturated carbocycles. The van der Waals surface area contributed by atoms with Crippen LogP contribution in [0.25, 0.3) is 0 Å². The van der Waals surface area contributed by atoms with Gasteiger partial charge in [0.1, 0.15) is 0 Å². The van der Waals surface area contributed by atoms with Gasteiger partial charge < -0.3 is 15.2 Å². The summed E-state index contributed by atoms with van der Waals surface area (Å²) in [6, 6.07) is 0. The lowest BCUT2D eigenvalue weighted by Gasteiger charge is -2.40. The average molecular weight is 269 g/mol. The number of carbonyl (C=O) groups is 1. The fourth-order valence-electron chi connectivity index (χ4n) is 2.92. The van der Waals surface area contributed by atoms with Crippen molar-refractivity contribution in [3.05, 3.63) is 0 Å². The quantitative estimate of drug-likeness (QED) is 0.822. The molecule has 0 aromatic rings. The van der Waals surface area contributed by atoms with Gasteiger partial charge in [0, 0.05) is 25.7 Å². The lowest BCUT2D eigenvalue weighted by Crippen LogP contribution is -2.48. The summed E-state index contributed by atoms with van der Waals surface area (Å²) in [5.41, 5.74) is -0.368. The van der Waals surface area contributed by atoms with Gasteiger partial charge in [-0.25, -0.2) is 0 Å². The topological polar surface area (TPSA) is 58.6 Å². The molecule has 0 atom stereocenters. The number of aliphatic hydroxyl groups is 1. The summed E-state index contributed by atoms with van der Waals surface area (Å²) in [6.07, 6.45) is 5.23. The van der Waals surface area contributed by atoms with Crippen molar-refractivity contribution in [3.63, 3.8) is 0 Å². The zero-order valence-electron chi connectivity index (χ0n) is 12.2. The van der Waals surface area contributed by atoms with Crippen LogP contribution in [-0.4, -0.2) is 36.4 Å². The zero-order chi connectivity index (χ0) is 13.9. The first-order valence-electron chi connectivity index (χ1n) is 7.48. The highest BCUT2D eigenvalue weighted by molar-refractivity contribution is 5.78. The number of ether oxygens (including phenoxy) is 1. The summed E-state index contributed by atoms with van der Waals surface area (Å²) in [5, 5.41) is 13.5. The summed E-state index contributed by atoms with van der Waals surface area (Å²) in [6.45, 7) is 6.24. The maximum absolute atomic E-state index is 12.0. The van der Waals surface area contributed by atoms with E-state index in [4.69, 9.17) is 4.74 Å². The molecule has 4 nitrogen and oxygen atoms in total. The second-order valence-electron chi connectivity index (χ2n) is 6.99. The highest BCUT2D eigenvalue weighted by Gasteiger charge is 2.37. The van der Waals surface area contributed by atoms with Crippen molar-refractivity contribution >= 4 is 5.91 Å². The molecule has 2 N–H and O–H groups in total. The van der Waals surface area contributed by atoms with Crippen molar-refractivity contribution in [2.45, 2.75) is 58.0 Å². The highest BCUT2D eigenvalue weighted by Crippen LogP contribution is 2.39. The number of nitrogens with one attached hydrogen (secondary N) is 1. The fourth-order valence-corrected chi connectivity index (χ4v) is 2.92. The number of amides is 1. The van der Waals surface area contributed by atoms with E-state index < -0.39 is 5.60 Å². The van der Waals surface area contributed by atoms with Crippen molar-refractivity contribution in [2.75, 3.05) is 19.8 Å². The Balaban J connectivity index is 1.76. The molecular formula is C15H27NO3. The molecule has 2 fully saturated rings. The Morgan fingerprint density at radius 3 is 2.37 bits per heavy atom. The molecule has 0 bridgehead atoms. The van der Waals surface area contributed by atoms with Gasteiger partial charge in [0.2, 0.25) is 5.91 Å². The molecule has 1 aliphatic heterocycles. The first-order valence-corrected chi connectivity index (χ1v) is 7.48. The SMILES string of the molecule is CC1(C)CCC(O)(CNC(=O)C2CCOCC2)CC1. The number of hydrogen-bond acceptors (Lipinski definition) is 3. The predicted molar refractivity (Wildman–Crippen MR) is 73.8 cm³/mol. The summed E-state index contributed by atoms with van der Waals surface area (Å²) in [7, 11) is 0. The van der Waals surface area contributed by atoms with Gasteiger partial charge in [0.15, 0.2) is 0 Å². The Labute approximate surface area is 115 Å². The molecular weight excluding hydrogens is 242 g/mol. The van der Waals surface area contributed by atoms with E-state index in [1.54, 1.807) is 0 Å².